The van der Waals surface area contributed by atoms with Crippen molar-refractivity contribution in [3.8, 4) is 17.0 Å². The molecule has 0 radical (unpaired) electrons. The van der Waals surface area contributed by atoms with E-state index in [9.17, 15) is 9.90 Å². The van der Waals surface area contributed by atoms with E-state index in [-0.39, 0.29) is 11.4 Å². The number of carbonyl (C=O) groups is 1. The Bertz CT molecular complexity index is 551. The number of aromatic nitrogens is 2. The molecule has 0 aliphatic rings. The Balaban J connectivity index is 2.50. The van der Waals surface area contributed by atoms with Gasteiger partial charge in [-0.3, -0.25) is 5.10 Å². The van der Waals surface area contributed by atoms with Gasteiger partial charge in [-0.2, -0.15) is 5.10 Å². The Morgan fingerprint density at radius 3 is 2.81 bits per heavy atom. The molecule has 1 aromatic heterocycles. The van der Waals surface area contributed by atoms with Crippen molar-refractivity contribution in [2.75, 3.05) is 0 Å². The molecule has 6 heteroatoms. The molecule has 0 atom stereocenters. The van der Waals surface area contributed by atoms with Crippen LogP contribution in [0.4, 0.5) is 0 Å². The molecule has 0 saturated heterocycles. The first-order valence-electron chi connectivity index (χ1n) is 4.36. The van der Waals surface area contributed by atoms with Crippen LogP contribution in [0.2, 0.25) is 0 Å². The molecule has 0 unspecified atom stereocenters. The van der Waals surface area contributed by atoms with Crippen molar-refractivity contribution in [3.05, 3.63) is 34.4 Å². The van der Waals surface area contributed by atoms with E-state index in [0.717, 1.165) is 0 Å². The number of aromatic amines is 1. The maximum Gasteiger partial charge on any atom is 0.353 e. The number of aromatic carboxylic acids is 1. The molecule has 82 valence electrons. The molecule has 3 N–H and O–H groups in total. The first-order valence-corrected chi connectivity index (χ1v) is 5.15. The SMILES string of the molecule is O=C(O)c1cc(-c2cccc(Br)c2O)n[nH]1. The Kier molecular flexibility index (Phi) is 2.66. The van der Waals surface area contributed by atoms with E-state index < -0.39 is 5.97 Å². The van der Waals surface area contributed by atoms with Crippen LogP contribution in [-0.4, -0.2) is 26.4 Å². The van der Waals surface area contributed by atoms with Gasteiger partial charge in [0.1, 0.15) is 11.4 Å². The summed E-state index contributed by atoms with van der Waals surface area (Å²) in [6.07, 6.45) is 0. The van der Waals surface area contributed by atoms with Crippen LogP contribution in [0.3, 0.4) is 0 Å². The number of benzene rings is 1. The third-order valence-electron chi connectivity index (χ3n) is 2.07. The normalized spacial score (nSPS) is 10.3. The quantitative estimate of drug-likeness (QED) is 0.789. The molecule has 2 rings (SSSR count). The molecule has 1 aromatic carbocycles. The lowest BCUT2D eigenvalue weighted by Gasteiger charge is -2.01. The van der Waals surface area contributed by atoms with Crippen molar-refractivity contribution in [2.24, 2.45) is 0 Å². The van der Waals surface area contributed by atoms with Crippen molar-refractivity contribution >= 4 is 21.9 Å². The maximum atomic E-state index is 10.7. The first-order chi connectivity index (χ1) is 7.59. The summed E-state index contributed by atoms with van der Waals surface area (Å²) in [5, 5.41) is 24.7. The summed E-state index contributed by atoms with van der Waals surface area (Å²) < 4.78 is 0.532. The predicted octanol–water partition coefficient (Wildman–Crippen LogP) is 2.24. The van der Waals surface area contributed by atoms with E-state index in [1.807, 2.05) is 0 Å². The third kappa shape index (κ3) is 1.79. The van der Waals surface area contributed by atoms with Gasteiger partial charge >= 0.3 is 5.97 Å². The third-order valence-corrected chi connectivity index (χ3v) is 2.71. The highest BCUT2D eigenvalue weighted by molar-refractivity contribution is 9.10. The first kappa shape index (κ1) is 10.7. The van der Waals surface area contributed by atoms with Gasteiger partial charge in [-0.05, 0) is 34.1 Å². The second kappa shape index (κ2) is 3.97. The van der Waals surface area contributed by atoms with Gasteiger partial charge in [0.25, 0.3) is 0 Å². The highest BCUT2D eigenvalue weighted by Gasteiger charge is 2.13. The molecular formula is C10H7BrN2O3. The number of nitrogens with zero attached hydrogens (tertiary/aromatic N) is 1. The van der Waals surface area contributed by atoms with Gasteiger partial charge in [0, 0.05) is 5.56 Å². The van der Waals surface area contributed by atoms with E-state index in [1.165, 1.54) is 6.07 Å². The minimum absolute atomic E-state index is 0.0191. The lowest BCUT2D eigenvalue weighted by atomic mass is 10.1. The number of hydrogen-bond donors (Lipinski definition) is 3. The minimum atomic E-state index is -1.09. The van der Waals surface area contributed by atoms with Crippen molar-refractivity contribution in [2.45, 2.75) is 0 Å². The van der Waals surface area contributed by atoms with Crippen LogP contribution in [0, 0.1) is 0 Å². The van der Waals surface area contributed by atoms with Gasteiger partial charge in [0.2, 0.25) is 0 Å². The lowest BCUT2D eigenvalue weighted by molar-refractivity contribution is 0.0690. The zero-order chi connectivity index (χ0) is 11.7. The van der Waals surface area contributed by atoms with Gasteiger partial charge < -0.3 is 10.2 Å². The van der Waals surface area contributed by atoms with Gasteiger partial charge in [0.15, 0.2) is 0 Å². The topological polar surface area (TPSA) is 86.2 Å². The smallest absolute Gasteiger partial charge is 0.353 e. The number of H-pyrrole nitrogens is 1. The molecule has 0 aliphatic heterocycles. The molecule has 0 aliphatic carbocycles. The van der Waals surface area contributed by atoms with E-state index in [4.69, 9.17) is 5.11 Å². The van der Waals surface area contributed by atoms with Gasteiger partial charge in [-0.25, -0.2) is 4.79 Å². The molecule has 0 spiro atoms. The molecular weight excluding hydrogens is 276 g/mol. The largest absolute Gasteiger partial charge is 0.506 e. The molecule has 0 saturated carbocycles. The van der Waals surface area contributed by atoms with E-state index >= 15 is 0 Å². The van der Waals surface area contributed by atoms with Crippen LogP contribution in [0.5, 0.6) is 5.75 Å². The fourth-order valence-electron chi connectivity index (χ4n) is 1.29. The lowest BCUT2D eigenvalue weighted by Crippen LogP contribution is -1.95. The number of hydrogen-bond acceptors (Lipinski definition) is 3. The molecule has 0 bridgehead atoms. The molecule has 1 heterocycles. The van der Waals surface area contributed by atoms with E-state index in [2.05, 4.69) is 26.1 Å². The summed E-state index contributed by atoms with van der Waals surface area (Å²) in [7, 11) is 0. The zero-order valence-corrected chi connectivity index (χ0v) is 9.52. The summed E-state index contributed by atoms with van der Waals surface area (Å²) in [6, 6.07) is 6.43. The fourth-order valence-corrected chi connectivity index (χ4v) is 1.66. The Labute approximate surface area is 98.9 Å². The number of carboxylic acids is 1. The highest BCUT2D eigenvalue weighted by atomic mass is 79.9. The predicted molar refractivity (Wildman–Crippen MR) is 60.3 cm³/mol. The van der Waals surface area contributed by atoms with Crippen LogP contribution < -0.4 is 0 Å². The molecule has 5 nitrogen and oxygen atoms in total. The van der Waals surface area contributed by atoms with Crippen LogP contribution >= 0.6 is 15.9 Å². The number of halogens is 1. The fraction of sp³-hybridized carbons (Fsp3) is 0. The monoisotopic (exact) mass is 282 g/mol. The molecule has 0 fully saturated rings. The van der Waals surface area contributed by atoms with E-state index in [1.54, 1.807) is 18.2 Å². The standard InChI is InChI=1S/C10H7BrN2O3/c11-6-3-1-2-5(9(6)14)7-4-8(10(15)16)13-12-7/h1-4,14H,(H,12,13)(H,15,16). The van der Waals surface area contributed by atoms with Crippen LogP contribution in [0.25, 0.3) is 11.3 Å². The summed E-state index contributed by atoms with van der Waals surface area (Å²) in [5.74, 6) is -1.06. The number of nitrogens with one attached hydrogen (secondary N) is 1. The Morgan fingerprint density at radius 2 is 2.19 bits per heavy atom. The second-order valence-electron chi connectivity index (χ2n) is 3.11. The van der Waals surface area contributed by atoms with Crippen LogP contribution in [0.1, 0.15) is 10.5 Å². The van der Waals surface area contributed by atoms with Crippen molar-refractivity contribution in [1.29, 1.82) is 0 Å². The number of rotatable bonds is 2. The highest BCUT2D eigenvalue weighted by Crippen LogP contribution is 2.34. The number of aromatic hydroxyl groups is 1. The van der Waals surface area contributed by atoms with Crippen LogP contribution in [-0.2, 0) is 0 Å². The summed E-state index contributed by atoms with van der Waals surface area (Å²) >= 11 is 3.17. The number of para-hydroxylation sites is 1. The summed E-state index contributed by atoms with van der Waals surface area (Å²) in [5.41, 5.74) is 0.837. The molecule has 16 heavy (non-hydrogen) atoms. The number of phenols is 1. The average molecular weight is 283 g/mol. The van der Waals surface area contributed by atoms with Gasteiger partial charge in [-0.1, -0.05) is 6.07 Å². The zero-order valence-electron chi connectivity index (χ0n) is 7.94. The van der Waals surface area contributed by atoms with Crippen molar-refractivity contribution in [3.63, 3.8) is 0 Å². The summed E-state index contributed by atoms with van der Waals surface area (Å²) in [6.45, 7) is 0. The molecule has 2 aromatic rings. The van der Waals surface area contributed by atoms with Crippen molar-refractivity contribution in [1.82, 2.24) is 10.2 Å². The van der Waals surface area contributed by atoms with Gasteiger partial charge in [-0.15, -0.1) is 0 Å². The van der Waals surface area contributed by atoms with Gasteiger partial charge in [0.05, 0.1) is 10.2 Å². The van der Waals surface area contributed by atoms with Crippen molar-refractivity contribution < 1.29 is 15.0 Å². The maximum absolute atomic E-state index is 10.7. The Morgan fingerprint density at radius 1 is 1.44 bits per heavy atom. The number of phenolic OH excluding ortho intramolecular Hbond substituents is 1. The minimum Gasteiger partial charge on any atom is -0.506 e. The molecule has 0 amide bonds. The average Bonchev–Trinajstić information content (AvgIpc) is 2.71. The van der Waals surface area contributed by atoms with Crippen LogP contribution in [0.15, 0.2) is 28.7 Å². The van der Waals surface area contributed by atoms with E-state index in [0.29, 0.717) is 15.7 Å². The second-order valence-corrected chi connectivity index (χ2v) is 3.96. The summed E-state index contributed by atoms with van der Waals surface area (Å²) in [4.78, 5) is 10.7. The number of carboxylic acid groups (broad SMARTS) is 1. The Hall–Kier alpha value is -1.82.